The molecule has 0 atom stereocenters. The van der Waals surface area contributed by atoms with Crippen molar-refractivity contribution in [2.75, 3.05) is 20.1 Å². The van der Waals surface area contributed by atoms with Gasteiger partial charge in [-0.25, -0.2) is 4.68 Å². The number of rotatable bonds is 8. The van der Waals surface area contributed by atoms with Crippen molar-refractivity contribution in [3.05, 3.63) is 72.4 Å². The van der Waals surface area contributed by atoms with E-state index in [4.69, 9.17) is 4.42 Å². The second-order valence-corrected chi connectivity index (χ2v) is 6.08. The Kier molecular flexibility index (Phi) is 9.22. The van der Waals surface area contributed by atoms with Gasteiger partial charge in [-0.2, -0.15) is 5.10 Å². The average Bonchev–Trinajstić information content (AvgIpc) is 3.43. The third-order valence-corrected chi connectivity index (χ3v) is 4.09. The summed E-state index contributed by atoms with van der Waals surface area (Å²) in [5, 5.41) is 13.2. The molecule has 1 amide bonds. The van der Waals surface area contributed by atoms with E-state index in [2.05, 4.69) is 38.2 Å². The summed E-state index contributed by atoms with van der Waals surface area (Å²) in [6.07, 6.45) is 6.09. The van der Waals surface area contributed by atoms with Crippen molar-refractivity contribution in [2.24, 2.45) is 4.99 Å². The molecule has 154 valence electrons. The van der Waals surface area contributed by atoms with Gasteiger partial charge in [0.05, 0.1) is 25.0 Å². The number of hydrogen-bond acceptors (Lipinski definition) is 4. The molecule has 0 aliphatic heterocycles. The van der Waals surface area contributed by atoms with Gasteiger partial charge in [0.25, 0.3) is 0 Å². The van der Waals surface area contributed by atoms with E-state index in [1.807, 2.05) is 35.1 Å². The standard InChI is InChI=1S/C20H24N6O2.HI/c1-21-20(24-15-19(27)23-14-18-4-2-13-28-18)22-11-9-16-5-7-17(8-6-16)26-12-3-10-25-26;/h2-8,10,12-13H,9,11,14-15H2,1H3,(H,23,27)(H2,21,22,24);1H. The zero-order chi connectivity index (χ0) is 19.6. The first-order valence-electron chi connectivity index (χ1n) is 9.07. The number of amides is 1. The third-order valence-electron chi connectivity index (χ3n) is 4.09. The maximum atomic E-state index is 11.9. The average molecular weight is 508 g/mol. The van der Waals surface area contributed by atoms with Crippen molar-refractivity contribution >= 4 is 35.8 Å². The molecule has 3 aromatic rings. The number of carbonyl (C=O) groups is 1. The summed E-state index contributed by atoms with van der Waals surface area (Å²) in [6, 6.07) is 13.7. The van der Waals surface area contributed by atoms with Crippen LogP contribution in [-0.4, -0.2) is 41.8 Å². The van der Waals surface area contributed by atoms with Crippen molar-refractivity contribution in [1.82, 2.24) is 25.7 Å². The lowest BCUT2D eigenvalue weighted by atomic mass is 10.1. The highest BCUT2D eigenvalue weighted by atomic mass is 127. The van der Waals surface area contributed by atoms with Crippen LogP contribution in [0.3, 0.4) is 0 Å². The molecule has 3 N–H and O–H groups in total. The van der Waals surface area contributed by atoms with Crippen molar-refractivity contribution in [1.29, 1.82) is 0 Å². The van der Waals surface area contributed by atoms with Gasteiger partial charge in [0.15, 0.2) is 5.96 Å². The largest absolute Gasteiger partial charge is 0.467 e. The second kappa shape index (κ2) is 11.9. The van der Waals surface area contributed by atoms with Crippen LogP contribution < -0.4 is 16.0 Å². The molecule has 8 nitrogen and oxygen atoms in total. The van der Waals surface area contributed by atoms with E-state index < -0.39 is 0 Å². The first-order chi connectivity index (χ1) is 13.7. The first-order valence-corrected chi connectivity index (χ1v) is 9.07. The number of halogens is 1. The Hall–Kier alpha value is -2.82. The topological polar surface area (TPSA) is 96.5 Å². The first kappa shape index (κ1) is 22.5. The van der Waals surface area contributed by atoms with Crippen LogP contribution in [0.15, 0.2) is 70.5 Å². The summed E-state index contributed by atoms with van der Waals surface area (Å²) >= 11 is 0. The van der Waals surface area contributed by atoms with E-state index in [-0.39, 0.29) is 36.4 Å². The number of aromatic nitrogens is 2. The highest BCUT2D eigenvalue weighted by Crippen LogP contribution is 2.08. The molecular weight excluding hydrogens is 483 g/mol. The molecule has 1 aromatic carbocycles. The Balaban J connectivity index is 0.00000300. The Morgan fingerprint density at radius 1 is 1.14 bits per heavy atom. The van der Waals surface area contributed by atoms with Gasteiger partial charge in [0, 0.05) is 26.0 Å². The molecule has 29 heavy (non-hydrogen) atoms. The monoisotopic (exact) mass is 508 g/mol. The predicted molar refractivity (Wildman–Crippen MR) is 123 cm³/mol. The lowest BCUT2D eigenvalue weighted by Crippen LogP contribution is -2.43. The Morgan fingerprint density at radius 3 is 2.62 bits per heavy atom. The molecule has 0 saturated heterocycles. The maximum Gasteiger partial charge on any atom is 0.239 e. The van der Waals surface area contributed by atoms with Crippen LogP contribution >= 0.6 is 24.0 Å². The second-order valence-electron chi connectivity index (χ2n) is 6.08. The highest BCUT2D eigenvalue weighted by molar-refractivity contribution is 14.0. The van der Waals surface area contributed by atoms with Gasteiger partial charge in [0.2, 0.25) is 5.91 Å². The number of benzene rings is 1. The van der Waals surface area contributed by atoms with Crippen LogP contribution in [0.1, 0.15) is 11.3 Å². The molecule has 2 aromatic heterocycles. The van der Waals surface area contributed by atoms with Crippen molar-refractivity contribution in [2.45, 2.75) is 13.0 Å². The lowest BCUT2D eigenvalue weighted by Gasteiger charge is -2.12. The molecule has 0 radical (unpaired) electrons. The van der Waals surface area contributed by atoms with Gasteiger partial charge in [-0.05, 0) is 42.3 Å². The van der Waals surface area contributed by atoms with Gasteiger partial charge in [-0.1, -0.05) is 12.1 Å². The molecule has 0 aliphatic rings. The number of carbonyl (C=O) groups excluding carboxylic acids is 1. The summed E-state index contributed by atoms with van der Waals surface area (Å²) in [5.74, 6) is 1.17. The van der Waals surface area contributed by atoms with Gasteiger partial charge < -0.3 is 20.4 Å². The fourth-order valence-corrected chi connectivity index (χ4v) is 2.61. The smallest absolute Gasteiger partial charge is 0.239 e. The molecule has 0 bridgehead atoms. The van der Waals surface area contributed by atoms with Crippen LogP contribution in [0, 0.1) is 0 Å². The van der Waals surface area contributed by atoms with E-state index in [1.54, 1.807) is 25.6 Å². The molecule has 0 unspecified atom stereocenters. The van der Waals surface area contributed by atoms with E-state index >= 15 is 0 Å². The molecule has 0 aliphatic carbocycles. The van der Waals surface area contributed by atoms with E-state index in [9.17, 15) is 4.79 Å². The van der Waals surface area contributed by atoms with Gasteiger partial charge in [-0.15, -0.1) is 24.0 Å². The molecule has 3 rings (SSSR count). The predicted octanol–water partition coefficient (Wildman–Crippen LogP) is 2.11. The molecule has 0 fully saturated rings. The minimum absolute atomic E-state index is 0. The van der Waals surface area contributed by atoms with Gasteiger partial charge >= 0.3 is 0 Å². The van der Waals surface area contributed by atoms with Crippen LogP contribution in [0.4, 0.5) is 0 Å². The maximum absolute atomic E-state index is 11.9. The zero-order valence-corrected chi connectivity index (χ0v) is 18.5. The third kappa shape index (κ3) is 7.26. The highest BCUT2D eigenvalue weighted by Gasteiger charge is 2.05. The van der Waals surface area contributed by atoms with Gasteiger partial charge in [0.1, 0.15) is 5.76 Å². The molecule has 9 heteroatoms. The number of aliphatic imine (C=N–C) groups is 1. The summed E-state index contributed by atoms with van der Waals surface area (Å²) in [5.41, 5.74) is 2.23. The summed E-state index contributed by atoms with van der Waals surface area (Å²) in [6.45, 7) is 1.21. The minimum Gasteiger partial charge on any atom is -0.467 e. The van der Waals surface area contributed by atoms with Crippen LogP contribution in [0.25, 0.3) is 5.69 Å². The van der Waals surface area contributed by atoms with E-state index in [0.29, 0.717) is 19.0 Å². The lowest BCUT2D eigenvalue weighted by molar-refractivity contribution is -0.120. The number of nitrogens with one attached hydrogen (secondary N) is 3. The summed E-state index contributed by atoms with van der Waals surface area (Å²) in [7, 11) is 1.68. The van der Waals surface area contributed by atoms with E-state index in [1.165, 1.54) is 5.56 Å². The van der Waals surface area contributed by atoms with Crippen molar-refractivity contribution in [3.63, 3.8) is 0 Å². The minimum atomic E-state index is -0.131. The molecule has 0 saturated carbocycles. The van der Waals surface area contributed by atoms with Crippen molar-refractivity contribution < 1.29 is 9.21 Å². The Labute approximate surface area is 186 Å². The molecule has 2 heterocycles. The Bertz CT molecular complexity index is 876. The quantitative estimate of drug-likeness (QED) is 0.246. The van der Waals surface area contributed by atoms with Crippen molar-refractivity contribution in [3.8, 4) is 5.69 Å². The van der Waals surface area contributed by atoms with Crippen LogP contribution in [0.2, 0.25) is 0 Å². The molecule has 0 spiro atoms. The number of hydrogen-bond donors (Lipinski definition) is 3. The van der Waals surface area contributed by atoms with Crippen LogP contribution in [0.5, 0.6) is 0 Å². The molecular formula is C20H25IN6O2. The fraction of sp³-hybridized carbons (Fsp3) is 0.250. The number of furan rings is 1. The SMILES string of the molecule is CN=C(NCCc1ccc(-n2cccn2)cc1)NCC(=O)NCc1ccco1.I. The normalized spacial score (nSPS) is 10.9. The number of guanidine groups is 1. The Morgan fingerprint density at radius 2 is 1.97 bits per heavy atom. The summed E-state index contributed by atoms with van der Waals surface area (Å²) in [4.78, 5) is 16.0. The van der Waals surface area contributed by atoms with Crippen LogP contribution in [-0.2, 0) is 17.8 Å². The van der Waals surface area contributed by atoms with Gasteiger partial charge in [-0.3, -0.25) is 9.79 Å². The van der Waals surface area contributed by atoms with E-state index in [0.717, 1.165) is 17.9 Å². The zero-order valence-electron chi connectivity index (χ0n) is 16.2. The summed E-state index contributed by atoms with van der Waals surface area (Å²) < 4.78 is 7.00. The number of nitrogens with zero attached hydrogens (tertiary/aromatic N) is 3. The fourth-order valence-electron chi connectivity index (χ4n) is 2.61.